The van der Waals surface area contributed by atoms with Crippen molar-refractivity contribution in [1.29, 1.82) is 0 Å². The minimum atomic E-state index is -0.509. The third-order valence-corrected chi connectivity index (χ3v) is 2.19. The molecule has 84 valence electrons. The molecule has 4 heteroatoms. The quantitative estimate of drug-likeness (QED) is 0.790. The first-order chi connectivity index (χ1) is 7.04. The van der Waals surface area contributed by atoms with Crippen LogP contribution < -0.4 is 10.5 Å². The molecule has 0 aliphatic carbocycles. The topological polar surface area (TPSA) is 55.5 Å². The minimum Gasteiger partial charge on any atom is -0.486 e. The number of nitrogens with two attached hydrogens (primary N) is 1. The van der Waals surface area contributed by atoms with Crippen LogP contribution in [0.2, 0.25) is 0 Å². The molecule has 3 N–H and O–H groups in total. The van der Waals surface area contributed by atoms with Crippen LogP contribution in [0.4, 0.5) is 4.39 Å². The molecule has 2 atom stereocenters. The Labute approximate surface area is 88.7 Å². The molecule has 0 saturated heterocycles. The van der Waals surface area contributed by atoms with Gasteiger partial charge in [-0.1, -0.05) is 6.07 Å². The van der Waals surface area contributed by atoms with Crippen molar-refractivity contribution < 1.29 is 14.2 Å². The average molecular weight is 213 g/mol. The fraction of sp³-hybridized carbons (Fsp3) is 0.455. The Hall–Kier alpha value is -1.13. The van der Waals surface area contributed by atoms with Gasteiger partial charge in [0.15, 0.2) is 0 Å². The molecule has 0 saturated carbocycles. The molecule has 1 aromatic rings. The van der Waals surface area contributed by atoms with Gasteiger partial charge in [-0.15, -0.1) is 0 Å². The van der Waals surface area contributed by atoms with E-state index in [0.717, 1.165) is 5.56 Å². The Morgan fingerprint density at radius 1 is 1.53 bits per heavy atom. The Bertz CT molecular complexity index is 328. The van der Waals surface area contributed by atoms with Crippen molar-refractivity contribution >= 4 is 0 Å². The van der Waals surface area contributed by atoms with E-state index < -0.39 is 6.10 Å². The summed E-state index contributed by atoms with van der Waals surface area (Å²) in [7, 11) is 0. The molecule has 1 aromatic carbocycles. The number of hydrogen-bond acceptors (Lipinski definition) is 3. The Morgan fingerprint density at radius 2 is 2.20 bits per heavy atom. The zero-order chi connectivity index (χ0) is 11.4. The van der Waals surface area contributed by atoms with Crippen LogP contribution in [0, 0.1) is 12.7 Å². The van der Waals surface area contributed by atoms with Crippen LogP contribution in [-0.4, -0.2) is 23.9 Å². The maximum absolute atomic E-state index is 12.9. The second-order valence-electron chi connectivity index (χ2n) is 3.61. The molecular weight excluding hydrogens is 197 g/mol. The normalized spacial score (nSPS) is 14.7. The highest BCUT2D eigenvalue weighted by Gasteiger charge is 2.15. The van der Waals surface area contributed by atoms with Crippen LogP contribution in [0.1, 0.15) is 12.5 Å². The summed E-state index contributed by atoms with van der Waals surface area (Å²) >= 11 is 0. The highest BCUT2D eigenvalue weighted by Crippen LogP contribution is 2.20. The van der Waals surface area contributed by atoms with Crippen LogP contribution in [0.5, 0.6) is 5.75 Å². The van der Waals surface area contributed by atoms with E-state index >= 15 is 0 Å². The van der Waals surface area contributed by atoms with Crippen LogP contribution in [-0.2, 0) is 0 Å². The molecule has 0 spiro atoms. The lowest BCUT2D eigenvalue weighted by atomic mass is 10.2. The van der Waals surface area contributed by atoms with E-state index in [2.05, 4.69) is 0 Å². The molecule has 0 fully saturated rings. The van der Waals surface area contributed by atoms with Gasteiger partial charge in [-0.2, -0.15) is 0 Å². The van der Waals surface area contributed by atoms with E-state index in [4.69, 9.17) is 15.6 Å². The lowest BCUT2D eigenvalue weighted by Gasteiger charge is -2.21. The zero-order valence-corrected chi connectivity index (χ0v) is 8.90. The number of aliphatic hydroxyl groups is 1. The van der Waals surface area contributed by atoms with Gasteiger partial charge in [-0.3, -0.25) is 0 Å². The van der Waals surface area contributed by atoms with Crippen molar-refractivity contribution in [3.8, 4) is 5.75 Å². The summed E-state index contributed by atoms with van der Waals surface area (Å²) in [6.07, 6.45) is -0.509. The Kier molecular flexibility index (Phi) is 4.05. The summed E-state index contributed by atoms with van der Waals surface area (Å²) in [5, 5.41) is 9.02. The van der Waals surface area contributed by atoms with Gasteiger partial charge in [0.25, 0.3) is 0 Å². The van der Waals surface area contributed by atoms with Gasteiger partial charge in [-0.05, 0) is 25.5 Å². The molecule has 0 bridgehead atoms. The van der Waals surface area contributed by atoms with Crippen LogP contribution >= 0.6 is 0 Å². The fourth-order valence-electron chi connectivity index (χ4n) is 1.17. The molecule has 0 aliphatic rings. The van der Waals surface area contributed by atoms with Gasteiger partial charge in [-0.25, -0.2) is 4.39 Å². The molecule has 0 radical (unpaired) electrons. The van der Waals surface area contributed by atoms with Crippen molar-refractivity contribution in [3.05, 3.63) is 29.6 Å². The number of hydrogen-bond donors (Lipinski definition) is 2. The molecule has 0 aromatic heterocycles. The van der Waals surface area contributed by atoms with Crippen molar-refractivity contribution in [1.82, 2.24) is 0 Å². The first kappa shape index (κ1) is 11.9. The van der Waals surface area contributed by atoms with Crippen LogP contribution in [0.3, 0.4) is 0 Å². The van der Waals surface area contributed by atoms with Gasteiger partial charge < -0.3 is 15.6 Å². The monoisotopic (exact) mass is 213 g/mol. The largest absolute Gasteiger partial charge is 0.486 e. The Morgan fingerprint density at radius 3 is 2.73 bits per heavy atom. The number of aliphatic hydroxyl groups excluding tert-OH is 1. The number of benzene rings is 1. The van der Waals surface area contributed by atoms with E-state index in [9.17, 15) is 4.39 Å². The van der Waals surface area contributed by atoms with Crippen molar-refractivity contribution in [2.24, 2.45) is 5.73 Å². The van der Waals surface area contributed by atoms with Gasteiger partial charge in [0.2, 0.25) is 0 Å². The fourth-order valence-corrected chi connectivity index (χ4v) is 1.17. The average Bonchev–Trinajstić information content (AvgIpc) is 2.18. The summed E-state index contributed by atoms with van der Waals surface area (Å²) in [5.41, 5.74) is 6.42. The number of ether oxygens (including phenoxy) is 1. The number of rotatable bonds is 4. The summed E-state index contributed by atoms with van der Waals surface area (Å²) in [4.78, 5) is 0. The Balaban J connectivity index is 2.82. The van der Waals surface area contributed by atoms with E-state index in [1.807, 2.05) is 6.92 Å². The maximum Gasteiger partial charge on any atom is 0.136 e. The molecule has 2 unspecified atom stereocenters. The third kappa shape index (κ3) is 3.18. The summed E-state index contributed by atoms with van der Waals surface area (Å²) < 4.78 is 18.4. The summed E-state index contributed by atoms with van der Waals surface area (Å²) in [5.74, 6) is 0.0586. The molecule has 1 rings (SSSR count). The predicted octanol–water partition coefficient (Wildman–Crippen LogP) is 1.22. The molecule has 15 heavy (non-hydrogen) atoms. The zero-order valence-electron chi connectivity index (χ0n) is 8.90. The van der Waals surface area contributed by atoms with Crippen LogP contribution in [0.15, 0.2) is 18.2 Å². The highest BCUT2D eigenvalue weighted by molar-refractivity contribution is 5.32. The third-order valence-electron chi connectivity index (χ3n) is 2.19. The molecule has 0 amide bonds. The van der Waals surface area contributed by atoms with E-state index in [1.165, 1.54) is 12.1 Å². The van der Waals surface area contributed by atoms with Crippen LogP contribution in [0.25, 0.3) is 0 Å². The number of aryl methyl sites for hydroxylation is 1. The van der Waals surface area contributed by atoms with E-state index in [-0.39, 0.29) is 18.5 Å². The molecule has 0 aliphatic heterocycles. The second-order valence-corrected chi connectivity index (χ2v) is 3.61. The van der Waals surface area contributed by atoms with E-state index in [0.29, 0.717) is 5.75 Å². The first-order valence-corrected chi connectivity index (χ1v) is 4.84. The van der Waals surface area contributed by atoms with Crippen molar-refractivity contribution in [2.75, 3.05) is 6.61 Å². The van der Waals surface area contributed by atoms with Crippen molar-refractivity contribution in [2.45, 2.75) is 26.0 Å². The van der Waals surface area contributed by atoms with Gasteiger partial charge in [0.05, 0.1) is 6.61 Å². The summed E-state index contributed by atoms with van der Waals surface area (Å²) in [6, 6.07) is 3.97. The second kappa shape index (κ2) is 5.09. The minimum absolute atomic E-state index is 0.187. The van der Waals surface area contributed by atoms with Gasteiger partial charge in [0.1, 0.15) is 17.7 Å². The molecule has 0 heterocycles. The SMILES string of the molecule is Cc1ccc(F)cc1OC(CO)C(C)N. The first-order valence-electron chi connectivity index (χ1n) is 4.84. The standard InChI is InChI=1S/C11H16FNO2/c1-7-3-4-9(12)5-10(7)15-11(6-14)8(2)13/h3-5,8,11,14H,6,13H2,1-2H3. The number of halogens is 1. The predicted molar refractivity (Wildman–Crippen MR) is 56.3 cm³/mol. The molecular formula is C11H16FNO2. The maximum atomic E-state index is 12.9. The van der Waals surface area contributed by atoms with Gasteiger partial charge >= 0.3 is 0 Å². The smallest absolute Gasteiger partial charge is 0.136 e. The lowest BCUT2D eigenvalue weighted by Crippen LogP contribution is -2.39. The lowest BCUT2D eigenvalue weighted by molar-refractivity contribution is 0.0981. The van der Waals surface area contributed by atoms with E-state index in [1.54, 1.807) is 13.0 Å². The van der Waals surface area contributed by atoms with Gasteiger partial charge in [0, 0.05) is 12.1 Å². The highest BCUT2D eigenvalue weighted by atomic mass is 19.1. The summed E-state index contributed by atoms with van der Waals surface area (Å²) in [6.45, 7) is 3.35. The van der Waals surface area contributed by atoms with Crippen molar-refractivity contribution in [3.63, 3.8) is 0 Å². The molecule has 3 nitrogen and oxygen atoms in total.